The van der Waals surface area contributed by atoms with E-state index in [9.17, 15) is 9.18 Å². The fourth-order valence-corrected chi connectivity index (χ4v) is 0.886. The second kappa shape index (κ2) is 5.04. The van der Waals surface area contributed by atoms with Gasteiger partial charge in [0.05, 0.1) is 0 Å². The average molecular weight is 176 g/mol. The lowest BCUT2D eigenvalue weighted by Gasteiger charge is -1.90. The Hall–Kier alpha value is -1.70. The molecule has 0 saturated carbocycles. The first-order valence-electron chi connectivity index (χ1n) is 3.87. The summed E-state index contributed by atoms with van der Waals surface area (Å²) in [6.45, 7) is 0. The highest BCUT2D eigenvalue weighted by Gasteiger charge is 1.88. The third-order valence-corrected chi connectivity index (χ3v) is 1.44. The van der Waals surface area contributed by atoms with Crippen molar-refractivity contribution in [1.82, 2.24) is 0 Å². The van der Waals surface area contributed by atoms with Crippen molar-refractivity contribution >= 4 is 12.4 Å². The molecule has 0 heterocycles. The molecule has 0 aliphatic heterocycles. The number of hydrogen-bond acceptors (Lipinski definition) is 1. The molecule has 0 radical (unpaired) electrons. The van der Waals surface area contributed by atoms with E-state index in [4.69, 9.17) is 0 Å². The maximum absolute atomic E-state index is 12.6. The second-order valence-corrected chi connectivity index (χ2v) is 2.44. The van der Waals surface area contributed by atoms with Gasteiger partial charge in [-0.25, -0.2) is 4.39 Å². The van der Waals surface area contributed by atoms with E-state index in [1.807, 2.05) is 0 Å². The highest BCUT2D eigenvalue weighted by atomic mass is 19.1. The van der Waals surface area contributed by atoms with Crippen LogP contribution in [0, 0.1) is 5.82 Å². The molecule has 0 unspecified atom stereocenters. The first-order valence-corrected chi connectivity index (χ1v) is 3.87. The number of rotatable bonds is 3. The van der Waals surface area contributed by atoms with Crippen molar-refractivity contribution in [2.75, 3.05) is 0 Å². The molecular formula is C11H9FO. The molecule has 13 heavy (non-hydrogen) atoms. The standard InChI is InChI=1S/C11H9FO/c12-11-7-4-6-10(9-11)5-2-1-3-8-13/h1-9H/b3-1+,5-2+. The third kappa shape index (κ3) is 3.47. The Labute approximate surface area is 76.2 Å². The fraction of sp³-hybridized carbons (Fsp3) is 0. The molecule has 0 saturated heterocycles. The van der Waals surface area contributed by atoms with Crippen molar-refractivity contribution in [2.24, 2.45) is 0 Å². The molecule has 1 aromatic carbocycles. The van der Waals surface area contributed by atoms with Crippen LogP contribution in [-0.4, -0.2) is 6.29 Å². The number of aldehydes is 1. The quantitative estimate of drug-likeness (QED) is 0.393. The Balaban J connectivity index is 2.68. The van der Waals surface area contributed by atoms with Crippen molar-refractivity contribution in [3.63, 3.8) is 0 Å². The van der Waals surface area contributed by atoms with Crippen LogP contribution in [0.1, 0.15) is 5.56 Å². The predicted molar refractivity (Wildman–Crippen MR) is 50.6 cm³/mol. The minimum atomic E-state index is -0.262. The lowest BCUT2D eigenvalue weighted by molar-refractivity contribution is -0.104. The minimum Gasteiger partial charge on any atom is -0.299 e. The summed E-state index contributed by atoms with van der Waals surface area (Å²) < 4.78 is 12.6. The number of hydrogen-bond donors (Lipinski definition) is 0. The Bertz CT molecular complexity index is 340. The van der Waals surface area contributed by atoms with Crippen LogP contribution >= 0.6 is 0 Å². The summed E-state index contributed by atoms with van der Waals surface area (Å²) in [5.41, 5.74) is 0.774. The van der Waals surface area contributed by atoms with Gasteiger partial charge in [-0.15, -0.1) is 0 Å². The van der Waals surface area contributed by atoms with Gasteiger partial charge in [-0.2, -0.15) is 0 Å². The molecule has 0 atom stereocenters. The van der Waals surface area contributed by atoms with E-state index in [2.05, 4.69) is 0 Å². The molecule has 0 amide bonds. The van der Waals surface area contributed by atoms with Gasteiger partial charge in [-0.05, 0) is 23.8 Å². The number of halogens is 1. The van der Waals surface area contributed by atoms with Crippen LogP contribution in [0.4, 0.5) is 4.39 Å². The molecule has 1 aromatic rings. The first kappa shape index (κ1) is 9.39. The number of benzene rings is 1. The van der Waals surface area contributed by atoms with Crippen molar-refractivity contribution in [1.29, 1.82) is 0 Å². The molecule has 0 aliphatic carbocycles. The van der Waals surface area contributed by atoms with Gasteiger partial charge in [0.25, 0.3) is 0 Å². The van der Waals surface area contributed by atoms with Crippen LogP contribution < -0.4 is 0 Å². The Kier molecular flexibility index (Phi) is 3.64. The van der Waals surface area contributed by atoms with Gasteiger partial charge in [-0.3, -0.25) is 4.79 Å². The zero-order chi connectivity index (χ0) is 9.52. The SMILES string of the molecule is O=C/C=C/C=C/c1cccc(F)c1. The van der Waals surface area contributed by atoms with E-state index in [-0.39, 0.29) is 5.82 Å². The summed E-state index contributed by atoms with van der Waals surface area (Å²) in [6.07, 6.45) is 7.07. The summed E-state index contributed by atoms with van der Waals surface area (Å²) >= 11 is 0. The van der Waals surface area contributed by atoms with Crippen LogP contribution in [0.25, 0.3) is 6.08 Å². The molecule has 1 rings (SSSR count). The molecule has 2 heteroatoms. The summed E-state index contributed by atoms with van der Waals surface area (Å²) in [4.78, 5) is 9.89. The molecule has 0 spiro atoms. The van der Waals surface area contributed by atoms with E-state index in [0.717, 1.165) is 5.56 Å². The minimum absolute atomic E-state index is 0.262. The average Bonchev–Trinajstić information content (AvgIpc) is 2.13. The molecule has 0 aliphatic rings. The summed E-state index contributed by atoms with van der Waals surface area (Å²) in [5.74, 6) is -0.262. The zero-order valence-corrected chi connectivity index (χ0v) is 6.98. The van der Waals surface area contributed by atoms with Crippen molar-refractivity contribution in [3.8, 4) is 0 Å². The third-order valence-electron chi connectivity index (χ3n) is 1.44. The van der Waals surface area contributed by atoms with Gasteiger partial charge in [0.15, 0.2) is 0 Å². The highest BCUT2D eigenvalue weighted by molar-refractivity contribution is 5.66. The largest absolute Gasteiger partial charge is 0.299 e. The summed E-state index contributed by atoms with van der Waals surface area (Å²) in [7, 11) is 0. The van der Waals surface area contributed by atoms with E-state index >= 15 is 0 Å². The fourth-order valence-electron chi connectivity index (χ4n) is 0.886. The molecule has 0 fully saturated rings. The Morgan fingerprint density at radius 2 is 2.00 bits per heavy atom. The van der Waals surface area contributed by atoms with Crippen LogP contribution in [0.3, 0.4) is 0 Å². The monoisotopic (exact) mass is 176 g/mol. The normalized spacial score (nSPS) is 11.2. The van der Waals surface area contributed by atoms with Gasteiger partial charge < -0.3 is 0 Å². The number of carbonyl (C=O) groups excluding carboxylic acids is 1. The zero-order valence-electron chi connectivity index (χ0n) is 6.98. The summed E-state index contributed by atoms with van der Waals surface area (Å²) in [5, 5.41) is 0. The first-order chi connectivity index (χ1) is 6.33. The van der Waals surface area contributed by atoms with E-state index in [1.165, 1.54) is 18.2 Å². The smallest absolute Gasteiger partial charge is 0.142 e. The van der Waals surface area contributed by atoms with Crippen molar-refractivity contribution in [2.45, 2.75) is 0 Å². The topological polar surface area (TPSA) is 17.1 Å². The Morgan fingerprint density at radius 1 is 1.15 bits per heavy atom. The summed E-state index contributed by atoms with van der Waals surface area (Å²) in [6, 6.07) is 6.23. The van der Waals surface area contributed by atoms with Crippen LogP contribution in [0.2, 0.25) is 0 Å². The van der Waals surface area contributed by atoms with Crippen LogP contribution in [-0.2, 0) is 4.79 Å². The van der Waals surface area contributed by atoms with Crippen molar-refractivity contribution in [3.05, 3.63) is 53.9 Å². The number of carbonyl (C=O) groups is 1. The molecule has 1 nitrogen and oxygen atoms in total. The molecule has 0 bridgehead atoms. The Morgan fingerprint density at radius 3 is 2.69 bits per heavy atom. The maximum Gasteiger partial charge on any atom is 0.142 e. The second-order valence-electron chi connectivity index (χ2n) is 2.44. The van der Waals surface area contributed by atoms with Gasteiger partial charge in [-0.1, -0.05) is 30.4 Å². The van der Waals surface area contributed by atoms with Gasteiger partial charge in [0.2, 0.25) is 0 Å². The van der Waals surface area contributed by atoms with Crippen LogP contribution in [0.15, 0.2) is 42.5 Å². The van der Waals surface area contributed by atoms with E-state index in [0.29, 0.717) is 6.29 Å². The lowest BCUT2D eigenvalue weighted by atomic mass is 10.2. The molecule has 0 aromatic heterocycles. The van der Waals surface area contributed by atoms with E-state index in [1.54, 1.807) is 30.4 Å². The van der Waals surface area contributed by atoms with Crippen LogP contribution in [0.5, 0.6) is 0 Å². The van der Waals surface area contributed by atoms with Crippen molar-refractivity contribution < 1.29 is 9.18 Å². The van der Waals surface area contributed by atoms with Gasteiger partial charge in [0.1, 0.15) is 12.1 Å². The molecule has 0 N–H and O–H groups in total. The van der Waals surface area contributed by atoms with E-state index < -0.39 is 0 Å². The number of allylic oxidation sites excluding steroid dienone is 3. The maximum atomic E-state index is 12.6. The molecular weight excluding hydrogens is 167 g/mol. The molecule has 66 valence electrons. The lowest BCUT2D eigenvalue weighted by Crippen LogP contribution is -1.74. The predicted octanol–water partition coefficient (Wildman–Crippen LogP) is 2.59. The highest BCUT2D eigenvalue weighted by Crippen LogP contribution is 2.04. The van der Waals surface area contributed by atoms with Gasteiger partial charge >= 0.3 is 0 Å². The van der Waals surface area contributed by atoms with Gasteiger partial charge in [0, 0.05) is 0 Å².